The Hall–Kier alpha value is -2.99. The van der Waals surface area contributed by atoms with Crippen molar-refractivity contribution in [3.05, 3.63) is 52.6 Å². The summed E-state index contributed by atoms with van der Waals surface area (Å²) in [6, 6.07) is 9.72. The lowest BCUT2D eigenvalue weighted by molar-refractivity contribution is -0.133. The molecule has 2 fully saturated rings. The molecule has 1 aromatic heterocycles. The zero-order chi connectivity index (χ0) is 23.4. The minimum Gasteiger partial charge on any atom is -0.478 e. The predicted molar refractivity (Wildman–Crippen MR) is 126 cm³/mol. The van der Waals surface area contributed by atoms with Crippen molar-refractivity contribution in [1.82, 2.24) is 15.3 Å². The van der Waals surface area contributed by atoms with E-state index in [4.69, 9.17) is 26.5 Å². The normalized spacial score (nSPS) is 18.2. The minimum absolute atomic E-state index is 0.182. The van der Waals surface area contributed by atoms with Crippen molar-refractivity contribution in [2.75, 3.05) is 32.8 Å². The van der Waals surface area contributed by atoms with Gasteiger partial charge in [0.05, 0.1) is 23.7 Å². The molecule has 11 heteroatoms. The molecule has 0 radical (unpaired) electrons. The molecule has 2 amide bonds. The summed E-state index contributed by atoms with van der Waals surface area (Å²) in [5.41, 5.74) is 3.47. The molecule has 9 nitrogen and oxygen atoms in total. The van der Waals surface area contributed by atoms with Crippen LogP contribution in [0.2, 0.25) is 0 Å². The number of morpholine rings is 1. The average molecular weight is 488 g/mol. The number of carboxylic acids is 1. The Morgan fingerprint density at radius 1 is 1.15 bits per heavy atom. The molecule has 0 bridgehead atoms. The lowest BCUT2D eigenvalue weighted by Gasteiger charge is -2.26. The van der Waals surface area contributed by atoms with E-state index < -0.39 is 11.9 Å². The van der Waals surface area contributed by atoms with Gasteiger partial charge in [-0.3, -0.25) is 19.9 Å². The van der Waals surface area contributed by atoms with Gasteiger partial charge in [0.2, 0.25) is 5.91 Å². The minimum atomic E-state index is -1.00. The number of carbonyl (C=O) groups excluding carboxylic acids is 2. The van der Waals surface area contributed by atoms with Crippen LogP contribution in [0.25, 0.3) is 17.4 Å². The van der Waals surface area contributed by atoms with E-state index in [1.54, 1.807) is 30.3 Å². The second kappa shape index (κ2) is 10.3. The van der Waals surface area contributed by atoms with Crippen LogP contribution >= 0.6 is 24.0 Å². The lowest BCUT2D eigenvalue weighted by atomic mass is 10.1. The van der Waals surface area contributed by atoms with E-state index in [1.165, 1.54) is 12.1 Å². The summed E-state index contributed by atoms with van der Waals surface area (Å²) in [6.07, 6.45) is 1.81. The van der Waals surface area contributed by atoms with Gasteiger partial charge in [0.1, 0.15) is 11.5 Å². The van der Waals surface area contributed by atoms with Crippen molar-refractivity contribution in [2.24, 2.45) is 0 Å². The van der Waals surface area contributed by atoms with E-state index >= 15 is 0 Å². The summed E-state index contributed by atoms with van der Waals surface area (Å²) in [5.74, 6) is -0.744. The largest absolute Gasteiger partial charge is 0.478 e. The lowest BCUT2D eigenvalue weighted by Crippen LogP contribution is -2.46. The molecule has 0 spiro atoms. The van der Waals surface area contributed by atoms with Crippen LogP contribution in [-0.2, 0) is 14.3 Å². The molecule has 4 rings (SSSR count). The molecule has 172 valence electrons. The van der Waals surface area contributed by atoms with E-state index in [0.29, 0.717) is 41.7 Å². The smallest absolute Gasteiger partial charge is 0.335 e. The van der Waals surface area contributed by atoms with Crippen molar-refractivity contribution < 1.29 is 28.6 Å². The number of furan rings is 1. The van der Waals surface area contributed by atoms with Crippen molar-refractivity contribution >= 4 is 52.2 Å². The highest BCUT2D eigenvalue weighted by atomic mass is 32.2. The summed E-state index contributed by atoms with van der Waals surface area (Å²) in [4.78, 5) is 38.5. The molecule has 1 aromatic carbocycles. The third-order valence-corrected chi connectivity index (χ3v) is 6.41. The predicted octanol–water partition coefficient (Wildman–Crippen LogP) is 2.60. The van der Waals surface area contributed by atoms with Gasteiger partial charge >= 0.3 is 5.97 Å². The maximum Gasteiger partial charge on any atom is 0.335 e. The Bertz CT molecular complexity index is 1110. The van der Waals surface area contributed by atoms with Gasteiger partial charge in [-0.2, -0.15) is 5.01 Å². The van der Waals surface area contributed by atoms with E-state index in [1.807, 2.05) is 0 Å². The van der Waals surface area contributed by atoms with Crippen molar-refractivity contribution in [1.29, 1.82) is 0 Å². The summed E-state index contributed by atoms with van der Waals surface area (Å²) in [5, 5.41) is 10.1. The molecule has 3 heterocycles. The van der Waals surface area contributed by atoms with E-state index in [9.17, 15) is 14.4 Å². The monoisotopic (exact) mass is 487 g/mol. The number of hydrogen-bond donors (Lipinski definition) is 2. The zero-order valence-corrected chi connectivity index (χ0v) is 19.1. The third-order valence-electron chi connectivity index (χ3n) is 5.11. The molecule has 2 aliphatic heterocycles. The fourth-order valence-corrected chi connectivity index (χ4v) is 4.48. The fraction of sp³-hybridized carbons (Fsp3) is 0.273. The topological polar surface area (TPSA) is 112 Å². The average Bonchev–Trinajstić information content (AvgIpc) is 3.39. The van der Waals surface area contributed by atoms with E-state index in [2.05, 4.69) is 10.3 Å². The number of hydrazine groups is 1. The number of rotatable bonds is 7. The van der Waals surface area contributed by atoms with Crippen LogP contribution in [0, 0.1) is 0 Å². The Morgan fingerprint density at radius 2 is 1.88 bits per heavy atom. The molecule has 0 atom stereocenters. The summed E-state index contributed by atoms with van der Waals surface area (Å²) >= 11 is 6.34. The van der Waals surface area contributed by atoms with E-state index in [0.717, 1.165) is 29.9 Å². The standard InChI is InChI=1S/C22H21N3O6S2/c26-19(7-8-24-9-11-30-12-10-24)23-25-20(27)18(33-22(25)32)13-16-5-6-17(31-16)14-1-3-15(4-2-14)21(28)29/h1-6,13H,7-12H2,(H,23,26)(H,28,29). The number of ether oxygens (including phenoxy) is 1. The second-order valence-corrected chi connectivity index (χ2v) is 9.02. The maximum absolute atomic E-state index is 12.8. The first-order valence-corrected chi connectivity index (χ1v) is 11.4. The number of thiocarbonyl (C=S) groups is 1. The van der Waals surface area contributed by atoms with Crippen molar-refractivity contribution in [2.45, 2.75) is 6.42 Å². The number of hydrogen-bond acceptors (Lipinski definition) is 8. The van der Waals surface area contributed by atoms with E-state index in [-0.39, 0.29) is 22.2 Å². The van der Waals surface area contributed by atoms with Gasteiger partial charge in [-0.25, -0.2) is 4.79 Å². The number of carbonyl (C=O) groups is 3. The molecular formula is C22H21N3O6S2. The van der Waals surface area contributed by atoms with Gasteiger partial charge in [0.25, 0.3) is 5.91 Å². The first-order chi connectivity index (χ1) is 15.9. The number of nitrogens with one attached hydrogen (secondary N) is 1. The van der Waals surface area contributed by atoms with Crippen LogP contribution in [0.5, 0.6) is 0 Å². The fourth-order valence-electron chi connectivity index (χ4n) is 3.32. The first kappa shape index (κ1) is 23.2. The number of thioether (sulfide) groups is 1. The molecule has 33 heavy (non-hydrogen) atoms. The molecule has 0 aliphatic carbocycles. The van der Waals surface area contributed by atoms with Gasteiger partial charge in [0, 0.05) is 37.7 Å². The Morgan fingerprint density at radius 3 is 2.58 bits per heavy atom. The van der Waals surface area contributed by atoms with Crippen LogP contribution < -0.4 is 5.43 Å². The molecule has 2 aromatic rings. The highest BCUT2D eigenvalue weighted by Gasteiger charge is 2.34. The quantitative estimate of drug-likeness (QED) is 0.449. The third kappa shape index (κ3) is 5.69. The zero-order valence-electron chi connectivity index (χ0n) is 17.5. The van der Waals surface area contributed by atoms with Crippen LogP contribution in [0.4, 0.5) is 0 Å². The molecule has 2 aliphatic rings. The first-order valence-electron chi connectivity index (χ1n) is 10.2. The van der Waals surface area contributed by atoms with Gasteiger partial charge in [-0.05, 0) is 36.5 Å². The number of aromatic carboxylic acids is 1. The number of benzene rings is 1. The summed E-state index contributed by atoms with van der Waals surface area (Å²) in [7, 11) is 0. The number of nitrogens with zero attached hydrogens (tertiary/aromatic N) is 2. The highest BCUT2D eigenvalue weighted by Crippen LogP contribution is 2.32. The van der Waals surface area contributed by atoms with Crippen LogP contribution in [0.3, 0.4) is 0 Å². The molecule has 0 saturated carbocycles. The Kier molecular flexibility index (Phi) is 7.23. The SMILES string of the molecule is O=C(CCN1CCOCC1)NN1C(=O)C(=Cc2ccc(-c3ccc(C(=O)O)cc3)o2)SC1=S. The molecule has 2 N–H and O–H groups in total. The van der Waals surface area contributed by atoms with Crippen molar-refractivity contribution in [3.63, 3.8) is 0 Å². The Labute approximate surface area is 199 Å². The van der Waals surface area contributed by atoms with Gasteiger partial charge in [-0.1, -0.05) is 23.9 Å². The highest BCUT2D eigenvalue weighted by molar-refractivity contribution is 8.26. The van der Waals surface area contributed by atoms with Gasteiger partial charge in [0.15, 0.2) is 4.32 Å². The number of carboxylic acid groups (broad SMARTS) is 1. The van der Waals surface area contributed by atoms with Crippen LogP contribution in [0.1, 0.15) is 22.5 Å². The summed E-state index contributed by atoms with van der Waals surface area (Å²) in [6.45, 7) is 3.47. The number of amides is 2. The molecular weight excluding hydrogens is 466 g/mol. The van der Waals surface area contributed by atoms with Crippen LogP contribution in [0.15, 0.2) is 45.7 Å². The van der Waals surface area contributed by atoms with Gasteiger partial charge in [-0.15, -0.1) is 0 Å². The Balaban J connectivity index is 1.37. The molecule has 2 saturated heterocycles. The second-order valence-electron chi connectivity index (χ2n) is 7.34. The summed E-state index contributed by atoms with van der Waals surface area (Å²) < 4.78 is 11.3. The molecule has 0 unspecified atom stereocenters. The van der Waals surface area contributed by atoms with Crippen LogP contribution in [-0.4, -0.2) is 70.0 Å². The van der Waals surface area contributed by atoms with Gasteiger partial charge < -0.3 is 14.3 Å². The van der Waals surface area contributed by atoms with Crippen molar-refractivity contribution in [3.8, 4) is 11.3 Å². The maximum atomic E-state index is 12.8.